The number of fused-ring (bicyclic) bond motifs is 2. The average Bonchev–Trinajstić information content (AvgIpc) is 3.16. The van der Waals surface area contributed by atoms with Gasteiger partial charge in [-0.15, -0.1) is 0 Å². The van der Waals surface area contributed by atoms with E-state index in [0.717, 1.165) is 30.4 Å². The minimum absolute atomic E-state index is 0.0612. The van der Waals surface area contributed by atoms with Gasteiger partial charge in [-0.3, -0.25) is 9.48 Å². The Bertz CT molecular complexity index is 739. The summed E-state index contributed by atoms with van der Waals surface area (Å²) < 4.78 is 7.45. The summed E-state index contributed by atoms with van der Waals surface area (Å²) in [6.07, 6.45) is 3.82. The average molecular weight is 313 g/mol. The molecule has 1 aromatic carbocycles. The number of nitrogens with zero attached hydrogens (tertiary/aromatic N) is 3. The number of para-hydroxylation sites is 1. The van der Waals surface area contributed by atoms with Crippen LogP contribution in [0.2, 0.25) is 0 Å². The number of amides is 1. The number of aryl methyl sites for hydroxylation is 1. The van der Waals surface area contributed by atoms with Gasteiger partial charge >= 0.3 is 0 Å². The molecule has 5 heteroatoms. The molecule has 4 rings (SSSR count). The van der Waals surface area contributed by atoms with E-state index in [1.807, 2.05) is 36.2 Å². The molecule has 1 amide bonds. The summed E-state index contributed by atoms with van der Waals surface area (Å²) in [5, 5.41) is 5.43. The van der Waals surface area contributed by atoms with Crippen LogP contribution in [0.3, 0.4) is 0 Å². The Labute approximate surface area is 136 Å². The molecule has 2 heterocycles. The van der Waals surface area contributed by atoms with Crippen LogP contribution in [0.5, 0.6) is 0 Å². The zero-order chi connectivity index (χ0) is 16.0. The molecular weight excluding hydrogens is 290 g/mol. The van der Waals surface area contributed by atoms with Crippen molar-refractivity contribution < 1.29 is 9.53 Å². The number of hydrogen-bond donors (Lipinski definition) is 0. The van der Waals surface area contributed by atoms with Gasteiger partial charge in [0.25, 0.3) is 5.91 Å². The molecule has 1 saturated carbocycles. The number of carbonyl (C=O) groups excluding carboxylic acids is 1. The minimum atomic E-state index is 0.0612. The van der Waals surface area contributed by atoms with Crippen molar-refractivity contribution in [1.29, 1.82) is 0 Å². The lowest BCUT2D eigenvalue weighted by Gasteiger charge is -2.31. The monoisotopic (exact) mass is 313 g/mol. The number of aromatic nitrogens is 2. The van der Waals surface area contributed by atoms with E-state index in [1.54, 1.807) is 11.8 Å². The number of ether oxygens (including phenoxy) is 1. The first-order valence-corrected chi connectivity index (χ1v) is 8.43. The molecule has 5 nitrogen and oxygen atoms in total. The van der Waals surface area contributed by atoms with Crippen LogP contribution in [0, 0.1) is 11.8 Å². The number of rotatable bonds is 2. The summed E-state index contributed by atoms with van der Waals surface area (Å²) >= 11 is 0. The Kier molecular flexibility index (Phi) is 3.60. The first-order chi connectivity index (χ1) is 11.2. The lowest BCUT2D eigenvalue weighted by Crippen LogP contribution is -2.33. The number of benzene rings is 1. The molecule has 0 spiro atoms. The smallest absolute Gasteiger partial charge is 0.275 e. The van der Waals surface area contributed by atoms with Crippen LogP contribution in [-0.4, -0.2) is 46.9 Å². The van der Waals surface area contributed by atoms with Gasteiger partial charge in [-0.1, -0.05) is 24.6 Å². The Morgan fingerprint density at radius 2 is 2.09 bits per heavy atom. The molecule has 0 bridgehead atoms. The Morgan fingerprint density at radius 3 is 2.91 bits per heavy atom. The van der Waals surface area contributed by atoms with Gasteiger partial charge in [0.15, 0.2) is 5.69 Å². The third-order valence-electron chi connectivity index (χ3n) is 5.58. The predicted octanol–water partition coefficient (Wildman–Crippen LogP) is 2.46. The quantitative estimate of drug-likeness (QED) is 0.855. The number of methoxy groups -OCH3 is 1. The van der Waals surface area contributed by atoms with Crippen molar-refractivity contribution in [3.8, 4) is 0 Å². The molecule has 122 valence electrons. The van der Waals surface area contributed by atoms with Crippen LogP contribution in [0.25, 0.3) is 10.9 Å². The molecule has 0 radical (unpaired) electrons. The van der Waals surface area contributed by atoms with Gasteiger partial charge in [-0.2, -0.15) is 5.10 Å². The summed E-state index contributed by atoms with van der Waals surface area (Å²) in [6.45, 7) is 1.64. The summed E-state index contributed by atoms with van der Waals surface area (Å²) in [6, 6.07) is 7.93. The predicted molar refractivity (Wildman–Crippen MR) is 88.2 cm³/mol. The summed E-state index contributed by atoms with van der Waals surface area (Å²) in [7, 11) is 3.69. The number of hydrogen-bond acceptors (Lipinski definition) is 3. The standard InChI is InChI=1S/C18H23N3O2/c1-20-15-8-4-3-7-13(15)17(19-20)18(22)21-10-12-6-5-9-16(23-2)14(12)11-21/h3-4,7-8,12,14,16H,5-6,9-11H2,1-2H3/t12-,14+,16-/m1/s1. The highest BCUT2D eigenvalue weighted by Crippen LogP contribution is 2.38. The topological polar surface area (TPSA) is 47.4 Å². The summed E-state index contributed by atoms with van der Waals surface area (Å²) in [4.78, 5) is 15.0. The zero-order valence-electron chi connectivity index (χ0n) is 13.7. The van der Waals surface area contributed by atoms with Gasteiger partial charge in [0.2, 0.25) is 0 Å². The third kappa shape index (κ3) is 2.34. The minimum Gasteiger partial charge on any atom is -0.381 e. The lowest BCUT2D eigenvalue weighted by molar-refractivity contribution is 0.0126. The van der Waals surface area contributed by atoms with Crippen molar-refractivity contribution in [3.63, 3.8) is 0 Å². The van der Waals surface area contributed by atoms with E-state index in [9.17, 15) is 4.79 Å². The normalized spacial score (nSPS) is 27.4. The Hall–Kier alpha value is -1.88. The van der Waals surface area contributed by atoms with E-state index in [-0.39, 0.29) is 5.91 Å². The molecule has 0 unspecified atom stereocenters. The second kappa shape index (κ2) is 5.64. The number of carbonyl (C=O) groups is 1. The highest BCUT2D eigenvalue weighted by atomic mass is 16.5. The highest BCUT2D eigenvalue weighted by molar-refractivity contribution is 6.04. The molecule has 2 aromatic rings. The maximum atomic E-state index is 13.0. The second-order valence-corrected chi connectivity index (χ2v) is 6.83. The molecule has 23 heavy (non-hydrogen) atoms. The first-order valence-electron chi connectivity index (χ1n) is 8.43. The molecule has 0 N–H and O–H groups in total. The molecule has 1 saturated heterocycles. The SMILES string of the molecule is CO[C@@H]1CCC[C@@H]2CN(C(=O)c3nn(C)c4ccccc34)C[C@@H]21. The fourth-order valence-corrected chi connectivity index (χ4v) is 4.40. The molecule has 1 aliphatic heterocycles. The fraction of sp³-hybridized carbons (Fsp3) is 0.556. The maximum Gasteiger partial charge on any atom is 0.275 e. The van der Waals surface area contributed by atoms with Crippen molar-refractivity contribution in [3.05, 3.63) is 30.0 Å². The first kappa shape index (κ1) is 14.7. The molecule has 3 atom stereocenters. The molecular formula is C18H23N3O2. The van der Waals surface area contributed by atoms with E-state index in [4.69, 9.17) is 4.74 Å². The third-order valence-corrected chi connectivity index (χ3v) is 5.58. The largest absolute Gasteiger partial charge is 0.381 e. The summed E-state index contributed by atoms with van der Waals surface area (Å²) in [5.41, 5.74) is 1.58. The van der Waals surface area contributed by atoms with Crippen molar-refractivity contribution >= 4 is 16.8 Å². The van der Waals surface area contributed by atoms with Crippen LogP contribution < -0.4 is 0 Å². The van der Waals surface area contributed by atoms with Gasteiger partial charge in [0, 0.05) is 38.6 Å². The molecule has 2 aliphatic rings. The van der Waals surface area contributed by atoms with Gasteiger partial charge in [-0.05, 0) is 24.8 Å². The van der Waals surface area contributed by atoms with Crippen LogP contribution >= 0.6 is 0 Å². The fourth-order valence-electron chi connectivity index (χ4n) is 4.40. The van der Waals surface area contributed by atoms with E-state index < -0.39 is 0 Å². The van der Waals surface area contributed by atoms with E-state index in [0.29, 0.717) is 23.6 Å². The zero-order valence-corrected chi connectivity index (χ0v) is 13.7. The van der Waals surface area contributed by atoms with Crippen LogP contribution in [0.4, 0.5) is 0 Å². The Morgan fingerprint density at radius 1 is 1.26 bits per heavy atom. The van der Waals surface area contributed by atoms with Crippen molar-refractivity contribution in [2.75, 3.05) is 20.2 Å². The number of likely N-dealkylation sites (tertiary alicyclic amines) is 1. The molecule has 2 fully saturated rings. The van der Waals surface area contributed by atoms with Crippen molar-refractivity contribution in [2.24, 2.45) is 18.9 Å². The van der Waals surface area contributed by atoms with Crippen LogP contribution in [-0.2, 0) is 11.8 Å². The van der Waals surface area contributed by atoms with E-state index in [1.165, 1.54) is 12.8 Å². The van der Waals surface area contributed by atoms with Gasteiger partial charge < -0.3 is 9.64 Å². The lowest BCUT2D eigenvalue weighted by atomic mass is 9.79. The summed E-state index contributed by atoms with van der Waals surface area (Å²) in [5.74, 6) is 1.12. The van der Waals surface area contributed by atoms with Gasteiger partial charge in [0.1, 0.15) is 0 Å². The Balaban J connectivity index is 1.62. The van der Waals surface area contributed by atoms with Crippen LogP contribution in [0.1, 0.15) is 29.8 Å². The van der Waals surface area contributed by atoms with E-state index in [2.05, 4.69) is 5.10 Å². The van der Waals surface area contributed by atoms with Gasteiger partial charge in [0.05, 0.1) is 11.6 Å². The second-order valence-electron chi connectivity index (χ2n) is 6.83. The molecule has 1 aromatic heterocycles. The van der Waals surface area contributed by atoms with Gasteiger partial charge in [-0.25, -0.2) is 0 Å². The maximum absolute atomic E-state index is 13.0. The van der Waals surface area contributed by atoms with E-state index >= 15 is 0 Å². The molecule has 1 aliphatic carbocycles. The van der Waals surface area contributed by atoms with Crippen molar-refractivity contribution in [1.82, 2.24) is 14.7 Å². The van der Waals surface area contributed by atoms with Crippen molar-refractivity contribution in [2.45, 2.75) is 25.4 Å². The highest BCUT2D eigenvalue weighted by Gasteiger charge is 2.42. The van der Waals surface area contributed by atoms with Crippen LogP contribution in [0.15, 0.2) is 24.3 Å².